The predicted molar refractivity (Wildman–Crippen MR) is 92.8 cm³/mol. The van der Waals surface area contributed by atoms with Crippen LogP contribution in [0.1, 0.15) is 16.1 Å². The Bertz CT molecular complexity index is 791. The normalized spacial score (nSPS) is 10.3. The molecule has 0 radical (unpaired) electrons. The van der Waals surface area contributed by atoms with Crippen LogP contribution in [0.5, 0.6) is 5.75 Å². The van der Waals surface area contributed by atoms with Crippen molar-refractivity contribution >= 4 is 39.0 Å². The van der Waals surface area contributed by atoms with Crippen molar-refractivity contribution in [2.24, 2.45) is 0 Å². The van der Waals surface area contributed by atoms with Gasteiger partial charge in [-0.25, -0.2) is 9.97 Å². The minimum absolute atomic E-state index is 0.237. The summed E-state index contributed by atoms with van der Waals surface area (Å²) < 4.78 is 6.50. The predicted octanol–water partition coefficient (Wildman–Crippen LogP) is 4.13. The molecule has 5 nitrogen and oxygen atoms in total. The van der Waals surface area contributed by atoms with Crippen LogP contribution >= 0.6 is 27.3 Å². The summed E-state index contributed by atoms with van der Waals surface area (Å²) in [5.41, 5.74) is 3.13. The highest BCUT2D eigenvalue weighted by atomic mass is 79.9. The number of benzene rings is 1. The lowest BCUT2D eigenvalue weighted by Gasteiger charge is -2.07. The molecule has 7 heteroatoms. The van der Waals surface area contributed by atoms with Gasteiger partial charge in [-0.1, -0.05) is 6.07 Å². The van der Waals surface area contributed by atoms with Crippen molar-refractivity contribution in [2.75, 3.05) is 5.32 Å². The second kappa shape index (κ2) is 7.34. The SMILES string of the molecule is O=C(Nc1ccc(Br)cn1)c1cccc(OCc2cscn2)c1. The van der Waals surface area contributed by atoms with Gasteiger partial charge in [0, 0.05) is 21.6 Å². The van der Waals surface area contributed by atoms with Crippen LogP contribution in [0.15, 0.2) is 58.0 Å². The average molecular weight is 390 g/mol. The van der Waals surface area contributed by atoms with E-state index in [0.29, 0.717) is 23.7 Å². The van der Waals surface area contributed by atoms with E-state index < -0.39 is 0 Å². The minimum Gasteiger partial charge on any atom is -0.487 e. The maximum absolute atomic E-state index is 12.3. The first-order chi connectivity index (χ1) is 11.2. The number of rotatable bonds is 5. The number of hydrogen-bond donors (Lipinski definition) is 1. The third-order valence-electron chi connectivity index (χ3n) is 2.94. The summed E-state index contributed by atoms with van der Waals surface area (Å²) in [6.07, 6.45) is 1.63. The largest absolute Gasteiger partial charge is 0.487 e. The third-order valence-corrected chi connectivity index (χ3v) is 4.04. The Morgan fingerprint density at radius 2 is 2.17 bits per heavy atom. The maximum Gasteiger partial charge on any atom is 0.256 e. The third kappa shape index (κ3) is 4.37. The first-order valence-corrected chi connectivity index (χ1v) is 8.47. The fraction of sp³-hybridized carbons (Fsp3) is 0.0625. The van der Waals surface area contributed by atoms with Gasteiger partial charge in [0.15, 0.2) is 0 Å². The number of carbonyl (C=O) groups excluding carboxylic acids is 1. The van der Waals surface area contributed by atoms with E-state index >= 15 is 0 Å². The van der Waals surface area contributed by atoms with Crippen LogP contribution in [0.3, 0.4) is 0 Å². The van der Waals surface area contributed by atoms with Crippen LogP contribution in [0.25, 0.3) is 0 Å². The van der Waals surface area contributed by atoms with Gasteiger partial charge in [0.2, 0.25) is 0 Å². The van der Waals surface area contributed by atoms with Gasteiger partial charge in [-0.2, -0.15) is 0 Å². The van der Waals surface area contributed by atoms with E-state index in [1.165, 1.54) is 11.3 Å². The molecular formula is C16H12BrN3O2S. The van der Waals surface area contributed by atoms with Gasteiger partial charge in [0.05, 0.1) is 11.2 Å². The van der Waals surface area contributed by atoms with Crippen LogP contribution in [0.4, 0.5) is 5.82 Å². The molecule has 116 valence electrons. The van der Waals surface area contributed by atoms with Gasteiger partial charge < -0.3 is 10.1 Å². The molecule has 23 heavy (non-hydrogen) atoms. The van der Waals surface area contributed by atoms with Crippen LogP contribution in [-0.2, 0) is 6.61 Å². The van der Waals surface area contributed by atoms with Gasteiger partial charge in [-0.05, 0) is 46.3 Å². The van der Waals surface area contributed by atoms with Crippen LogP contribution in [-0.4, -0.2) is 15.9 Å². The molecule has 3 aromatic rings. The molecule has 0 aliphatic carbocycles. The number of anilines is 1. The summed E-state index contributed by atoms with van der Waals surface area (Å²) in [6, 6.07) is 10.5. The molecule has 0 atom stereocenters. The number of halogens is 1. The molecule has 0 bridgehead atoms. The van der Waals surface area contributed by atoms with E-state index in [1.54, 1.807) is 42.0 Å². The molecule has 0 saturated heterocycles. The van der Waals surface area contributed by atoms with Crippen molar-refractivity contribution in [2.45, 2.75) is 6.61 Å². The number of nitrogens with one attached hydrogen (secondary N) is 1. The second-order valence-corrected chi connectivity index (χ2v) is 6.25. The van der Waals surface area contributed by atoms with Crippen molar-refractivity contribution in [3.8, 4) is 5.75 Å². The Labute approximate surface area is 145 Å². The zero-order valence-corrected chi connectivity index (χ0v) is 14.3. The quantitative estimate of drug-likeness (QED) is 0.712. The Hall–Kier alpha value is -2.25. The van der Waals surface area contributed by atoms with E-state index in [0.717, 1.165) is 10.2 Å². The number of ether oxygens (including phenoxy) is 1. The highest BCUT2D eigenvalue weighted by Crippen LogP contribution is 2.17. The average Bonchev–Trinajstić information content (AvgIpc) is 3.09. The van der Waals surface area contributed by atoms with E-state index in [4.69, 9.17) is 4.74 Å². The lowest BCUT2D eigenvalue weighted by molar-refractivity contribution is 0.102. The molecule has 0 unspecified atom stereocenters. The zero-order chi connectivity index (χ0) is 16.1. The Morgan fingerprint density at radius 1 is 1.26 bits per heavy atom. The van der Waals surface area contributed by atoms with E-state index in [-0.39, 0.29) is 5.91 Å². The molecule has 0 aliphatic rings. The lowest BCUT2D eigenvalue weighted by atomic mass is 10.2. The number of carbonyl (C=O) groups is 1. The van der Waals surface area contributed by atoms with Gasteiger partial charge in [0.1, 0.15) is 18.2 Å². The summed E-state index contributed by atoms with van der Waals surface area (Å²) in [6.45, 7) is 0.378. The van der Waals surface area contributed by atoms with Gasteiger partial charge in [-0.3, -0.25) is 4.79 Å². The highest BCUT2D eigenvalue weighted by molar-refractivity contribution is 9.10. The summed E-state index contributed by atoms with van der Waals surface area (Å²) in [5.74, 6) is 0.875. The number of amides is 1. The van der Waals surface area contributed by atoms with E-state index in [1.807, 2.05) is 11.4 Å². The first-order valence-electron chi connectivity index (χ1n) is 6.73. The molecule has 0 spiro atoms. The summed E-state index contributed by atoms with van der Waals surface area (Å²) in [5, 5.41) is 4.67. The molecular weight excluding hydrogens is 378 g/mol. The molecule has 1 amide bonds. The standard InChI is InChI=1S/C16H12BrN3O2S/c17-12-4-5-15(18-7-12)20-16(21)11-2-1-3-14(6-11)22-8-13-9-23-10-19-13/h1-7,9-10H,8H2,(H,18,20,21). The van der Waals surface area contributed by atoms with Gasteiger partial charge >= 0.3 is 0 Å². The Balaban J connectivity index is 1.66. The monoisotopic (exact) mass is 389 g/mol. The number of pyridine rings is 1. The number of thiazole rings is 1. The fourth-order valence-electron chi connectivity index (χ4n) is 1.83. The number of aromatic nitrogens is 2. The number of nitrogens with zero attached hydrogens (tertiary/aromatic N) is 2. The van der Waals surface area contributed by atoms with Crippen LogP contribution < -0.4 is 10.1 Å². The lowest BCUT2D eigenvalue weighted by Crippen LogP contribution is -2.12. The molecule has 2 aromatic heterocycles. The Kier molecular flexibility index (Phi) is 4.99. The number of hydrogen-bond acceptors (Lipinski definition) is 5. The Morgan fingerprint density at radius 3 is 2.91 bits per heavy atom. The highest BCUT2D eigenvalue weighted by Gasteiger charge is 2.08. The zero-order valence-electron chi connectivity index (χ0n) is 11.9. The molecule has 0 saturated carbocycles. The van der Waals surface area contributed by atoms with Crippen molar-refractivity contribution < 1.29 is 9.53 Å². The van der Waals surface area contributed by atoms with Crippen molar-refractivity contribution in [1.29, 1.82) is 0 Å². The molecule has 0 fully saturated rings. The van der Waals surface area contributed by atoms with E-state index in [2.05, 4.69) is 31.2 Å². The smallest absolute Gasteiger partial charge is 0.256 e. The van der Waals surface area contributed by atoms with Gasteiger partial charge in [-0.15, -0.1) is 11.3 Å². The topological polar surface area (TPSA) is 64.1 Å². The minimum atomic E-state index is -0.237. The molecule has 0 aliphatic heterocycles. The molecule has 2 heterocycles. The van der Waals surface area contributed by atoms with Crippen molar-refractivity contribution in [3.05, 3.63) is 69.2 Å². The summed E-state index contributed by atoms with van der Waals surface area (Å²) in [4.78, 5) is 20.5. The molecule has 1 N–H and O–H groups in total. The maximum atomic E-state index is 12.3. The second-order valence-electron chi connectivity index (χ2n) is 4.61. The first kappa shape index (κ1) is 15.6. The van der Waals surface area contributed by atoms with Crippen molar-refractivity contribution in [1.82, 2.24) is 9.97 Å². The fourth-order valence-corrected chi connectivity index (χ4v) is 2.61. The molecule has 1 aromatic carbocycles. The summed E-state index contributed by atoms with van der Waals surface area (Å²) in [7, 11) is 0. The summed E-state index contributed by atoms with van der Waals surface area (Å²) >= 11 is 4.82. The van der Waals surface area contributed by atoms with Gasteiger partial charge in [0.25, 0.3) is 5.91 Å². The molecule has 3 rings (SSSR count). The van der Waals surface area contributed by atoms with Crippen LogP contribution in [0.2, 0.25) is 0 Å². The van der Waals surface area contributed by atoms with Crippen molar-refractivity contribution in [3.63, 3.8) is 0 Å². The van der Waals surface area contributed by atoms with E-state index in [9.17, 15) is 4.79 Å². The van der Waals surface area contributed by atoms with Crippen LogP contribution in [0, 0.1) is 0 Å².